The van der Waals surface area contributed by atoms with E-state index in [-0.39, 0.29) is 19.2 Å². The molecule has 0 aliphatic carbocycles. The van der Waals surface area contributed by atoms with Crippen LogP contribution in [-0.2, 0) is 17.8 Å². The van der Waals surface area contributed by atoms with Crippen molar-refractivity contribution in [1.29, 1.82) is 0 Å². The molecule has 0 unspecified atom stereocenters. The molecule has 0 bridgehead atoms. The minimum atomic E-state index is -2.63. The number of hydrogen-bond acceptors (Lipinski definition) is 5. The summed E-state index contributed by atoms with van der Waals surface area (Å²) in [7, 11) is 0. The smallest absolute Gasteiger partial charge is 0.414 e. The van der Waals surface area contributed by atoms with Gasteiger partial charge in [-0.05, 0) is 37.1 Å². The van der Waals surface area contributed by atoms with Crippen LogP contribution < -0.4 is 15.1 Å². The average Bonchev–Trinajstić information content (AvgIpc) is 3.29. The summed E-state index contributed by atoms with van der Waals surface area (Å²) in [6, 6.07) is 15.7. The van der Waals surface area contributed by atoms with E-state index in [1.165, 1.54) is 0 Å². The van der Waals surface area contributed by atoms with E-state index >= 15 is 0 Å². The normalized spacial score (nSPS) is 22.5. The van der Waals surface area contributed by atoms with Crippen LogP contribution in [0, 0.1) is 5.92 Å². The number of piperazine rings is 1. The van der Waals surface area contributed by atoms with E-state index in [2.05, 4.69) is 21.2 Å². The van der Waals surface area contributed by atoms with Crippen LogP contribution in [0.5, 0.6) is 0 Å². The van der Waals surface area contributed by atoms with E-state index in [4.69, 9.17) is 4.74 Å². The topological polar surface area (TPSA) is 48.1 Å². The fourth-order valence-corrected chi connectivity index (χ4v) is 5.29. The van der Waals surface area contributed by atoms with Crippen LogP contribution in [0.4, 0.5) is 25.0 Å². The minimum absolute atomic E-state index is 0.210. The number of nitrogens with zero attached hydrogens (tertiary/aromatic N) is 3. The minimum Gasteiger partial charge on any atom is -0.444 e. The van der Waals surface area contributed by atoms with Gasteiger partial charge in [0.05, 0.1) is 12.2 Å². The Kier molecular flexibility index (Phi) is 6.70. The lowest BCUT2D eigenvalue weighted by Crippen LogP contribution is -2.53. The van der Waals surface area contributed by atoms with Gasteiger partial charge in [0, 0.05) is 56.4 Å². The number of piperidine rings is 1. The Balaban J connectivity index is 1.19. The molecule has 3 aliphatic rings. The predicted molar refractivity (Wildman–Crippen MR) is 129 cm³/mol. The van der Waals surface area contributed by atoms with Crippen molar-refractivity contribution in [2.24, 2.45) is 5.92 Å². The van der Waals surface area contributed by atoms with E-state index < -0.39 is 11.8 Å². The molecular weight excluding hydrogens is 438 g/mol. The standard InChI is InChI=1S/C26H32F2N4O2/c27-26(28)19-29-11-9-21(26)17-30-13-15-31(16-14-30)23-7-4-8-24-22(23)10-12-32(24)25(33)34-18-20-5-2-1-3-6-20/h1-8,21,29H,9-19H2/t21-/m1/s1. The maximum absolute atomic E-state index is 14.2. The molecule has 6 nitrogen and oxygen atoms in total. The molecule has 8 heteroatoms. The number of halogens is 2. The van der Waals surface area contributed by atoms with Crippen molar-refractivity contribution in [1.82, 2.24) is 10.2 Å². The van der Waals surface area contributed by atoms with Gasteiger partial charge in [0.25, 0.3) is 5.92 Å². The van der Waals surface area contributed by atoms with Gasteiger partial charge < -0.3 is 15.0 Å². The summed E-state index contributed by atoms with van der Waals surface area (Å²) in [6.07, 6.45) is 0.982. The molecule has 2 saturated heterocycles. The Morgan fingerprint density at radius 3 is 2.53 bits per heavy atom. The van der Waals surface area contributed by atoms with Crippen molar-refractivity contribution in [2.75, 3.05) is 62.2 Å². The van der Waals surface area contributed by atoms with Crippen LogP contribution in [0.2, 0.25) is 0 Å². The number of rotatable bonds is 5. The second-order valence-corrected chi connectivity index (χ2v) is 9.43. The van der Waals surface area contributed by atoms with Crippen molar-refractivity contribution in [3.63, 3.8) is 0 Å². The van der Waals surface area contributed by atoms with Crippen LogP contribution in [-0.4, -0.2) is 69.3 Å². The fraction of sp³-hybridized carbons (Fsp3) is 0.500. The predicted octanol–water partition coefficient (Wildman–Crippen LogP) is 3.75. The largest absolute Gasteiger partial charge is 0.444 e. The van der Waals surface area contributed by atoms with Gasteiger partial charge in [-0.25, -0.2) is 13.6 Å². The van der Waals surface area contributed by atoms with Crippen LogP contribution in [0.1, 0.15) is 17.5 Å². The number of alkyl halides is 2. The summed E-state index contributed by atoms with van der Waals surface area (Å²) in [6.45, 7) is 4.90. The number of carbonyl (C=O) groups excluding carboxylic acids is 1. The molecular formula is C26H32F2N4O2. The molecule has 2 aromatic rings. The molecule has 0 saturated carbocycles. The van der Waals surface area contributed by atoms with Crippen molar-refractivity contribution in [2.45, 2.75) is 25.4 Å². The summed E-state index contributed by atoms with van der Waals surface area (Å²) in [5, 5.41) is 2.81. The van der Waals surface area contributed by atoms with E-state index in [0.29, 0.717) is 26.1 Å². The van der Waals surface area contributed by atoms with Crippen LogP contribution in [0.3, 0.4) is 0 Å². The first-order valence-electron chi connectivity index (χ1n) is 12.2. The molecule has 1 amide bonds. The number of carbonyl (C=O) groups is 1. The summed E-state index contributed by atoms with van der Waals surface area (Å²) >= 11 is 0. The van der Waals surface area contributed by atoms with Gasteiger partial charge in [-0.1, -0.05) is 36.4 Å². The zero-order chi connectivity index (χ0) is 23.5. The Bertz CT molecular complexity index is 996. The molecule has 2 aromatic carbocycles. The van der Waals surface area contributed by atoms with Gasteiger partial charge in [-0.15, -0.1) is 0 Å². The molecule has 0 spiro atoms. The van der Waals surface area contributed by atoms with Crippen molar-refractivity contribution < 1.29 is 18.3 Å². The molecule has 182 valence electrons. The van der Waals surface area contributed by atoms with Gasteiger partial charge in [-0.3, -0.25) is 9.80 Å². The molecule has 0 aromatic heterocycles. The number of benzene rings is 2. The van der Waals surface area contributed by atoms with E-state index in [1.807, 2.05) is 42.5 Å². The molecule has 1 atom stereocenters. The maximum Gasteiger partial charge on any atom is 0.414 e. The van der Waals surface area contributed by atoms with Crippen molar-refractivity contribution >= 4 is 17.5 Å². The summed E-state index contributed by atoms with van der Waals surface area (Å²) in [5.74, 6) is -3.20. The van der Waals surface area contributed by atoms with Crippen LogP contribution in [0.25, 0.3) is 0 Å². The zero-order valence-corrected chi connectivity index (χ0v) is 19.4. The number of amides is 1. The van der Waals surface area contributed by atoms with Gasteiger partial charge >= 0.3 is 6.09 Å². The molecule has 2 fully saturated rings. The molecule has 0 radical (unpaired) electrons. The number of fused-ring (bicyclic) bond motifs is 1. The average molecular weight is 471 g/mol. The lowest BCUT2D eigenvalue weighted by molar-refractivity contribution is -0.0831. The highest BCUT2D eigenvalue weighted by atomic mass is 19.3. The Hall–Kier alpha value is -2.71. The monoisotopic (exact) mass is 470 g/mol. The van der Waals surface area contributed by atoms with E-state index in [9.17, 15) is 13.6 Å². The van der Waals surface area contributed by atoms with Crippen molar-refractivity contribution in [3.05, 3.63) is 59.7 Å². The molecule has 3 heterocycles. The third-order valence-electron chi connectivity index (χ3n) is 7.25. The number of hydrogen-bond donors (Lipinski definition) is 1. The Labute approximate surface area is 199 Å². The molecule has 34 heavy (non-hydrogen) atoms. The number of ether oxygens (including phenoxy) is 1. The van der Waals surface area contributed by atoms with Crippen LogP contribution >= 0.6 is 0 Å². The second kappa shape index (κ2) is 9.88. The van der Waals surface area contributed by atoms with Gasteiger partial charge in [0.1, 0.15) is 6.61 Å². The number of anilines is 2. The summed E-state index contributed by atoms with van der Waals surface area (Å²) in [5.41, 5.74) is 4.18. The van der Waals surface area contributed by atoms with Gasteiger partial charge in [0.15, 0.2) is 0 Å². The van der Waals surface area contributed by atoms with E-state index in [1.54, 1.807) is 4.90 Å². The first-order chi connectivity index (χ1) is 16.5. The van der Waals surface area contributed by atoms with Crippen LogP contribution in [0.15, 0.2) is 48.5 Å². The molecule has 3 aliphatic heterocycles. The highest BCUT2D eigenvalue weighted by Gasteiger charge is 2.42. The third-order valence-corrected chi connectivity index (χ3v) is 7.25. The Morgan fingerprint density at radius 2 is 1.76 bits per heavy atom. The summed E-state index contributed by atoms with van der Waals surface area (Å²) in [4.78, 5) is 19.0. The van der Waals surface area contributed by atoms with Gasteiger partial charge in [-0.2, -0.15) is 0 Å². The SMILES string of the molecule is O=C(OCc1ccccc1)N1CCc2c(N3CCN(C[C@H]4CCNCC4(F)F)CC3)cccc21. The molecule has 1 N–H and O–H groups in total. The highest BCUT2D eigenvalue weighted by Crippen LogP contribution is 2.37. The highest BCUT2D eigenvalue weighted by molar-refractivity contribution is 5.92. The number of nitrogens with one attached hydrogen (secondary N) is 1. The van der Waals surface area contributed by atoms with Gasteiger partial charge in [0.2, 0.25) is 0 Å². The van der Waals surface area contributed by atoms with Crippen molar-refractivity contribution in [3.8, 4) is 0 Å². The second-order valence-electron chi connectivity index (χ2n) is 9.43. The lowest BCUT2D eigenvalue weighted by Gasteiger charge is -2.40. The first-order valence-corrected chi connectivity index (χ1v) is 12.2. The lowest BCUT2D eigenvalue weighted by atomic mass is 9.93. The fourth-order valence-electron chi connectivity index (χ4n) is 5.29. The summed E-state index contributed by atoms with van der Waals surface area (Å²) < 4.78 is 34.0. The third kappa shape index (κ3) is 4.88. The van der Waals surface area contributed by atoms with E-state index in [0.717, 1.165) is 55.1 Å². The maximum atomic E-state index is 14.2. The first kappa shape index (κ1) is 23.1. The quantitative estimate of drug-likeness (QED) is 0.721. The molecule has 5 rings (SSSR count). The Morgan fingerprint density at radius 1 is 1.00 bits per heavy atom. The zero-order valence-electron chi connectivity index (χ0n) is 19.4.